The highest BCUT2D eigenvalue weighted by molar-refractivity contribution is 5.74. The monoisotopic (exact) mass is 230 g/mol. The summed E-state index contributed by atoms with van der Waals surface area (Å²) in [6.07, 6.45) is 5.36. The number of terminal acetylenes is 1. The number of hydrogen-bond donors (Lipinski definition) is 1. The van der Waals surface area contributed by atoms with Gasteiger partial charge < -0.3 is 15.0 Å². The maximum absolute atomic E-state index is 11.6. The van der Waals surface area contributed by atoms with E-state index in [0.717, 1.165) is 16.9 Å². The molecule has 1 N–H and O–H groups in total. The zero-order valence-corrected chi connectivity index (χ0v) is 9.69. The number of hydrogen-bond acceptors (Lipinski definition) is 2. The van der Waals surface area contributed by atoms with Crippen LogP contribution in [0.2, 0.25) is 0 Å². The van der Waals surface area contributed by atoms with Crippen LogP contribution in [0, 0.1) is 12.3 Å². The number of amides is 2. The fourth-order valence-electron chi connectivity index (χ4n) is 1.82. The summed E-state index contributed by atoms with van der Waals surface area (Å²) < 4.78 is 5.58. The van der Waals surface area contributed by atoms with Gasteiger partial charge in [-0.05, 0) is 18.2 Å². The molecule has 1 aromatic carbocycles. The lowest BCUT2D eigenvalue weighted by Crippen LogP contribution is -2.38. The number of rotatable bonds is 0. The molecule has 0 aromatic heterocycles. The van der Waals surface area contributed by atoms with Crippen molar-refractivity contribution >= 4 is 6.03 Å². The Morgan fingerprint density at radius 1 is 1.59 bits per heavy atom. The maximum atomic E-state index is 11.6. The molecule has 17 heavy (non-hydrogen) atoms. The van der Waals surface area contributed by atoms with Crippen molar-refractivity contribution in [1.82, 2.24) is 10.2 Å². The van der Waals surface area contributed by atoms with Crippen molar-refractivity contribution in [3.63, 3.8) is 0 Å². The summed E-state index contributed by atoms with van der Waals surface area (Å²) in [7, 11) is 1.62. The van der Waals surface area contributed by atoms with Gasteiger partial charge in [0.15, 0.2) is 0 Å². The molecule has 0 saturated heterocycles. The van der Waals surface area contributed by atoms with Crippen LogP contribution in [0.15, 0.2) is 18.2 Å². The topological polar surface area (TPSA) is 41.6 Å². The number of carbonyl (C=O) groups is 1. The van der Waals surface area contributed by atoms with Gasteiger partial charge in [0.25, 0.3) is 0 Å². The Balaban J connectivity index is 2.29. The van der Waals surface area contributed by atoms with E-state index >= 15 is 0 Å². The fraction of sp³-hybridized carbons (Fsp3) is 0.308. The first kappa shape index (κ1) is 11.3. The maximum Gasteiger partial charge on any atom is 0.317 e. The minimum atomic E-state index is -0.104. The van der Waals surface area contributed by atoms with Crippen LogP contribution in [0.25, 0.3) is 0 Å². The van der Waals surface area contributed by atoms with E-state index in [1.165, 1.54) is 0 Å². The van der Waals surface area contributed by atoms with Gasteiger partial charge in [0.05, 0.1) is 13.1 Å². The van der Waals surface area contributed by atoms with Crippen LogP contribution < -0.4 is 10.1 Å². The lowest BCUT2D eigenvalue weighted by molar-refractivity contribution is 0.190. The summed E-state index contributed by atoms with van der Waals surface area (Å²) in [6.45, 7) is 1.58. The first-order valence-electron chi connectivity index (χ1n) is 5.43. The number of ether oxygens (including phenoxy) is 1. The van der Waals surface area contributed by atoms with Crippen LogP contribution in [0.3, 0.4) is 0 Å². The molecule has 0 saturated carbocycles. The minimum absolute atomic E-state index is 0.104. The summed E-state index contributed by atoms with van der Waals surface area (Å²) in [5, 5.41) is 2.61. The van der Waals surface area contributed by atoms with Gasteiger partial charge in [0, 0.05) is 18.2 Å². The van der Waals surface area contributed by atoms with E-state index in [4.69, 9.17) is 11.2 Å². The number of urea groups is 1. The molecule has 88 valence electrons. The summed E-state index contributed by atoms with van der Waals surface area (Å²) in [5.74, 6) is 3.38. The van der Waals surface area contributed by atoms with Gasteiger partial charge in [-0.25, -0.2) is 4.79 Å². The molecule has 1 aliphatic rings. The molecular weight excluding hydrogens is 216 g/mol. The van der Waals surface area contributed by atoms with E-state index in [0.29, 0.717) is 19.7 Å². The molecule has 4 heteroatoms. The molecule has 2 amide bonds. The third-order valence-corrected chi connectivity index (χ3v) is 2.71. The van der Waals surface area contributed by atoms with Crippen LogP contribution in [0.4, 0.5) is 4.79 Å². The molecule has 0 bridgehead atoms. The molecule has 0 spiro atoms. The van der Waals surface area contributed by atoms with Crippen molar-refractivity contribution in [1.29, 1.82) is 0 Å². The number of benzene rings is 1. The lowest BCUT2D eigenvalue weighted by atomic mass is 10.1. The normalized spacial score (nSPS) is 14.0. The minimum Gasteiger partial charge on any atom is -0.491 e. The van der Waals surface area contributed by atoms with Gasteiger partial charge in [0.2, 0.25) is 0 Å². The molecule has 2 rings (SSSR count). The lowest BCUT2D eigenvalue weighted by Gasteiger charge is -2.18. The molecule has 0 aliphatic carbocycles. The summed E-state index contributed by atoms with van der Waals surface area (Å²) in [5.41, 5.74) is 1.74. The average molecular weight is 230 g/mol. The van der Waals surface area contributed by atoms with Crippen molar-refractivity contribution in [2.24, 2.45) is 0 Å². The van der Waals surface area contributed by atoms with E-state index in [-0.39, 0.29) is 6.03 Å². The Hall–Kier alpha value is -2.15. The summed E-state index contributed by atoms with van der Waals surface area (Å²) >= 11 is 0. The van der Waals surface area contributed by atoms with Crippen LogP contribution >= 0.6 is 0 Å². The standard InChI is InChI=1S/C13H14N2O2/c1-3-10-4-5-12-11(8-10)9-15(6-7-17-12)13(16)14-2/h1,4-5,8H,6-7,9H2,2H3,(H,14,16). The Morgan fingerprint density at radius 3 is 3.12 bits per heavy atom. The highest BCUT2D eigenvalue weighted by atomic mass is 16.5. The second kappa shape index (κ2) is 4.79. The van der Waals surface area contributed by atoms with Crippen LogP contribution in [-0.4, -0.2) is 31.1 Å². The van der Waals surface area contributed by atoms with E-state index in [1.54, 1.807) is 11.9 Å². The van der Waals surface area contributed by atoms with Gasteiger partial charge in [-0.15, -0.1) is 6.42 Å². The van der Waals surface area contributed by atoms with Gasteiger partial charge in [-0.3, -0.25) is 0 Å². The average Bonchev–Trinajstić information content (AvgIpc) is 2.58. The van der Waals surface area contributed by atoms with E-state index in [9.17, 15) is 4.79 Å². The summed E-state index contributed by atoms with van der Waals surface area (Å²) in [4.78, 5) is 13.3. The van der Waals surface area contributed by atoms with Crippen molar-refractivity contribution in [2.45, 2.75) is 6.54 Å². The highest BCUT2D eigenvalue weighted by Gasteiger charge is 2.18. The first-order chi connectivity index (χ1) is 8.24. The van der Waals surface area contributed by atoms with Crippen LogP contribution in [0.1, 0.15) is 11.1 Å². The zero-order valence-electron chi connectivity index (χ0n) is 9.69. The Labute approximate surface area is 101 Å². The van der Waals surface area contributed by atoms with Crippen LogP contribution in [-0.2, 0) is 6.54 Å². The van der Waals surface area contributed by atoms with E-state index < -0.39 is 0 Å². The second-order valence-corrected chi connectivity index (χ2v) is 3.79. The largest absolute Gasteiger partial charge is 0.491 e. The smallest absolute Gasteiger partial charge is 0.317 e. The number of nitrogens with zero attached hydrogens (tertiary/aromatic N) is 1. The van der Waals surface area contributed by atoms with Crippen molar-refractivity contribution in [2.75, 3.05) is 20.2 Å². The molecule has 4 nitrogen and oxygen atoms in total. The molecule has 0 radical (unpaired) electrons. The Morgan fingerprint density at radius 2 is 2.41 bits per heavy atom. The fourth-order valence-corrected chi connectivity index (χ4v) is 1.82. The van der Waals surface area contributed by atoms with Gasteiger partial charge in [-0.1, -0.05) is 5.92 Å². The third kappa shape index (κ3) is 2.34. The summed E-state index contributed by atoms with van der Waals surface area (Å²) in [6, 6.07) is 5.48. The van der Waals surface area contributed by atoms with Crippen molar-refractivity contribution in [3.05, 3.63) is 29.3 Å². The predicted octanol–water partition coefficient (Wildman–Crippen LogP) is 1.20. The van der Waals surface area contributed by atoms with E-state index in [2.05, 4.69) is 11.2 Å². The molecule has 1 aromatic rings. The molecule has 0 atom stereocenters. The molecule has 1 heterocycles. The molecule has 1 aliphatic heterocycles. The van der Waals surface area contributed by atoms with Gasteiger partial charge in [0.1, 0.15) is 12.4 Å². The Bertz CT molecular complexity index is 477. The Kier molecular flexibility index (Phi) is 3.20. The van der Waals surface area contributed by atoms with Crippen molar-refractivity contribution in [3.8, 4) is 18.1 Å². The zero-order chi connectivity index (χ0) is 12.3. The molecule has 0 fully saturated rings. The number of carbonyl (C=O) groups excluding carboxylic acids is 1. The van der Waals surface area contributed by atoms with E-state index in [1.807, 2.05) is 18.2 Å². The van der Waals surface area contributed by atoms with Crippen LogP contribution in [0.5, 0.6) is 5.75 Å². The first-order valence-corrected chi connectivity index (χ1v) is 5.43. The van der Waals surface area contributed by atoms with Gasteiger partial charge >= 0.3 is 6.03 Å². The quantitative estimate of drug-likeness (QED) is 0.680. The third-order valence-electron chi connectivity index (χ3n) is 2.71. The predicted molar refractivity (Wildman–Crippen MR) is 64.7 cm³/mol. The molecular formula is C13H14N2O2. The van der Waals surface area contributed by atoms with Gasteiger partial charge in [-0.2, -0.15) is 0 Å². The number of nitrogens with one attached hydrogen (secondary N) is 1. The molecule has 0 unspecified atom stereocenters. The number of fused-ring (bicyclic) bond motifs is 1. The SMILES string of the molecule is C#Cc1ccc2c(c1)CN(C(=O)NC)CCO2. The second-order valence-electron chi connectivity index (χ2n) is 3.79. The highest BCUT2D eigenvalue weighted by Crippen LogP contribution is 2.24. The van der Waals surface area contributed by atoms with Crippen molar-refractivity contribution < 1.29 is 9.53 Å².